The van der Waals surface area contributed by atoms with E-state index in [0.29, 0.717) is 12.2 Å². The lowest BCUT2D eigenvalue weighted by atomic mass is 10.3. The van der Waals surface area contributed by atoms with Crippen molar-refractivity contribution < 1.29 is 4.79 Å². The number of pyridine rings is 1. The van der Waals surface area contributed by atoms with Crippen LogP contribution in [0.25, 0.3) is 0 Å². The van der Waals surface area contributed by atoms with Crippen molar-refractivity contribution in [3.05, 3.63) is 40.1 Å². The lowest BCUT2D eigenvalue weighted by Crippen LogP contribution is -2.27. The second-order valence-electron chi connectivity index (χ2n) is 4.20. The van der Waals surface area contributed by atoms with Crippen molar-refractivity contribution in [3.63, 3.8) is 0 Å². The minimum atomic E-state index is -0.103. The first kappa shape index (κ1) is 13.5. The molecule has 1 amide bonds. The summed E-state index contributed by atoms with van der Waals surface area (Å²) in [5, 5.41) is 5.94. The molecule has 19 heavy (non-hydrogen) atoms. The van der Waals surface area contributed by atoms with E-state index in [0.717, 1.165) is 16.4 Å². The summed E-state index contributed by atoms with van der Waals surface area (Å²) in [6, 6.07) is 3.55. The first-order valence-corrected chi connectivity index (χ1v) is 6.78. The normalized spacial score (nSPS) is 10.3. The fourth-order valence-corrected chi connectivity index (χ4v) is 2.26. The lowest BCUT2D eigenvalue weighted by molar-refractivity contribution is 0.0778. The number of carbonyl (C=O) groups is 1. The van der Waals surface area contributed by atoms with Crippen LogP contribution in [0.3, 0.4) is 0 Å². The quantitative estimate of drug-likeness (QED) is 0.929. The highest BCUT2D eigenvalue weighted by Gasteiger charge is 2.14. The second-order valence-corrected chi connectivity index (χ2v) is 5.26. The van der Waals surface area contributed by atoms with E-state index in [-0.39, 0.29) is 5.91 Å². The third kappa shape index (κ3) is 3.29. The summed E-state index contributed by atoms with van der Waals surface area (Å²) >= 11 is 1.59. The number of nitrogens with one attached hydrogen (secondary N) is 1. The number of aryl methyl sites for hydroxylation is 1. The molecule has 0 aliphatic rings. The van der Waals surface area contributed by atoms with Crippen LogP contribution < -0.4 is 5.32 Å². The van der Waals surface area contributed by atoms with Crippen LogP contribution in [0.4, 0.5) is 5.69 Å². The van der Waals surface area contributed by atoms with Crippen molar-refractivity contribution in [3.8, 4) is 0 Å². The van der Waals surface area contributed by atoms with Gasteiger partial charge in [0, 0.05) is 19.5 Å². The van der Waals surface area contributed by atoms with Crippen LogP contribution in [0.15, 0.2) is 23.7 Å². The molecule has 2 heterocycles. The van der Waals surface area contributed by atoms with Crippen molar-refractivity contribution in [2.24, 2.45) is 0 Å². The summed E-state index contributed by atoms with van der Waals surface area (Å²) in [6.07, 6.45) is 1.65. The van der Waals surface area contributed by atoms with Crippen molar-refractivity contribution in [2.75, 3.05) is 19.4 Å². The van der Waals surface area contributed by atoms with Gasteiger partial charge in [-0.15, -0.1) is 11.3 Å². The number of rotatable bonds is 4. The Bertz CT molecular complexity index is 564. The molecule has 100 valence electrons. The zero-order valence-corrected chi connectivity index (χ0v) is 12.0. The summed E-state index contributed by atoms with van der Waals surface area (Å²) in [4.78, 5) is 22.3. The standard InChI is InChI=1S/C13H16N4OS/c1-9-16-11(8-19-9)7-17(3)13(18)12-5-4-10(14-2)6-15-12/h4-6,8,14H,7H2,1-3H3. The van der Waals surface area contributed by atoms with E-state index in [4.69, 9.17) is 0 Å². The number of amides is 1. The maximum absolute atomic E-state index is 12.2. The molecule has 2 aromatic rings. The number of hydrogen-bond donors (Lipinski definition) is 1. The van der Waals surface area contributed by atoms with Crippen molar-refractivity contribution in [1.29, 1.82) is 0 Å². The largest absolute Gasteiger partial charge is 0.387 e. The number of hydrogen-bond acceptors (Lipinski definition) is 5. The molecule has 0 spiro atoms. The molecule has 0 atom stereocenters. The Hall–Kier alpha value is -1.95. The number of aromatic nitrogens is 2. The predicted octanol–water partition coefficient (Wildman–Crippen LogP) is 2.16. The first-order valence-electron chi connectivity index (χ1n) is 5.90. The Morgan fingerprint density at radius 1 is 1.47 bits per heavy atom. The van der Waals surface area contributed by atoms with Gasteiger partial charge in [-0.3, -0.25) is 4.79 Å². The fraction of sp³-hybridized carbons (Fsp3) is 0.308. The summed E-state index contributed by atoms with van der Waals surface area (Å²) in [6.45, 7) is 2.45. The van der Waals surface area contributed by atoms with E-state index in [1.807, 2.05) is 25.4 Å². The van der Waals surface area contributed by atoms with Gasteiger partial charge in [0.05, 0.1) is 29.1 Å². The highest BCUT2D eigenvalue weighted by atomic mass is 32.1. The molecule has 0 aliphatic carbocycles. The van der Waals surface area contributed by atoms with Crippen molar-refractivity contribution in [1.82, 2.24) is 14.9 Å². The van der Waals surface area contributed by atoms with Crippen LogP contribution in [0.5, 0.6) is 0 Å². The molecule has 2 aromatic heterocycles. The smallest absolute Gasteiger partial charge is 0.272 e. The maximum Gasteiger partial charge on any atom is 0.272 e. The van der Waals surface area contributed by atoms with Gasteiger partial charge in [-0.05, 0) is 19.1 Å². The SMILES string of the molecule is CNc1ccc(C(=O)N(C)Cc2csc(C)n2)nc1. The van der Waals surface area contributed by atoms with E-state index < -0.39 is 0 Å². The van der Waals surface area contributed by atoms with Crippen LogP contribution in [0.1, 0.15) is 21.2 Å². The summed E-state index contributed by atoms with van der Waals surface area (Å²) in [5.74, 6) is -0.103. The van der Waals surface area contributed by atoms with Gasteiger partial charge in [-0.25, -0.2) is 9.97 Å². The van der Waals surface area contributed by atoms with Crippen LogP contribution in [0, 0.1) is 6.92 Å². The van der Waals surface area contributed by atoms with Gasteiger partial charge in [0.2, 0.25) is 0 Å². The van der Waals surface area contributed by atoms with Gasteiger partial charge in [-0.1, -0.05) is 0 Å². The van der Waals surface area contributed by atoms with Gasteiger partial charge < -0.3 is 10.2 Å². The summed E-state index contributed by atoms with van der Waals surface area (Å²) in [5.41, 5.74) is 2.23. The molecule has 0 aromatic carbocycles. The number of nitrogens with zero attached hydrogens (tertiary/aromatic N) is 3. The Morgan fingerprint density at radius 2 is 2.26 bits per heavy atom. The van der Waals surface area contributed by atoms with E-state index >= 15 is 0 Å². The minimum absolute atomic E-state index is 0.103. The molecule has 0 fully saturated rings. The molecule has 1 N–H and O–H groups in total. The highest BCUT2D eigenvalue weighted by molar-refractivity contribution is 7.09. The first-order chi connectivity index (χ1) is 9.10. The van der Waals surface area contributed by atoms with Crippen LogP contribution in [-0.2, 0) is 6.54 Å². The number of carbonyl (C=O) groups excluding carboxylic acids is 1. The van der Waals surface area contributed by atoms with E-state index in [9.17, 15) is 4.79 Å². The summed E-state index contributed by atoms with van der Waals surface area (Å²) in [7, 11) is 3.57. The minimum Gasteiger partial charge on any atom is -0.387 e. The monoisotopic (exact) mass is 276 g/mol. The second kappa shape index (κ2) is 5.79. The zero-order chi connectivity index (χ0) is 13.8. The van der Waals surface area contributed by atoms with Crippen LogP contribution in [-0.4, -0.2) is 34.9 Å². The van der Waals surface area contributed by atoms with Gasteiger partial charge in [-0.2, -0.15) is 0 Å². The molecule has 0 saturated carbocycles. The molecule has 0 radical (unpaired) electrons. The molecule has 5 nitrogen and oxygen atoms in total. The van der Waals surface area contributed by atoms with E-state index in [1.54, 1.807) is 35.5 Å². The molecular formula is C13H16N4OS. The average molecular weight is 276 g/mol. The Kier molecular flexibility index (Phi) is 4.11. The fourth-order valence-electron chi connectivity index (χ4n) is 1.66. The van der Waals surface area contributed by atoms with Crippen molar-refractivity contribution in [2.45, 2.75) is 13.5 Å². The molecule has 0 saturated heterocycles. The van der Waals surface area contributed by atoms with Gasteiger partial charge in [0.15, 0.2) is 0 Å². The van der Waals surface area contributed by atoms with E-state index in [1.165, 1.54) is 0 Å². The molecular weight excluding hydrogens is 260 g/mol. The van der Waals surface area contributed by atoms with Crippen LogP contribution in [0.2, 0.25) is 0 Å². The average Bonchev–Trinajstić information content (AvgIpc) is 2.83. The zero-order valence-electron chi connectivity index (χ0n) is 11.2. The topological polar surface area (TPSA) is 58.1 Å². The highest BCUT2D eigenvalue weighted by Crippen LogP contribution is 2.12. The lowest BCUT2D eigenvalue weighted by Gasteiger charge is -2.15. The van der Waals surface area contributed by atoms with Gasteiger partial charge in [0.1, 0.15) is 5.69 Å². The van der Waals surface area contributed by atoms with Gasteiger partial charge >= 0.3 is 0 Å². The van der Waals surface area contributed by atoms with E-state index in [2.05, 4.69) is 15.3 Å². The molecule has 0 unspecified atom stereocenters. The maximum atomic E-state index is 12.2. The molecule has 0 bridgehead atoms. The molecule has 6 heteroatoms. The Morgan fingerprint density at radius 3 is 2.79 bits per heavy atom. The summed E-state index contributed by atoms with van der Waals surface area (Å²) < 4.78 is 0. The molecule has 2 rings (SSSR count). The number of anilines is 1. The Labute approximate surface area is 116 Å². The molecule has 0 aliphatic heterocycles. The van der Waals surface area contributed by atoms with Gasteiger partial charge in [0.25, 0.3) is 5.91 Å². The third-order valence-corrected chi connectivity index (χ3v) is 3.51. The van der Waals surface area contributed by atoms with Crippen LogP contribution >= 0.6 is 11.3 Å². The Balaban J connectivity index is 2.05. The van der Waals surface area contributed by atoms with Crippen molar-refractivity contribution >= 4 is 22.9 Å². The third-order valence-electron chi connectivity index (χ3n) is 2.68. The number of thiazole rings is 1. The predicted molar refractivity (Wildman–Crippen MR) is 76.4 cm³/mol.